The molecule has 0 spiro atoms. The summed E-state index contributed by atoms with van der Waals surface area (Å²) in [6.07, 6.45) is 2.57. The Morgan fingerprint density at radius 2 is 2.31 bits per heavy atom. The normalized spacial score (nSPS) is 13.5. The summed E-state index contributed by atoms with van der Waals surface area (Å²) in [4.78, 5) is 14.4. The van der Waals surface area contributed by atoms with Crippen molar-refractivity contribution in [1.29, 1.82) is 0 Å². The zero-order valence-electron chi connectivity index (χ0n) is 8.65. The number of hydrogen-bond donors (Lipinski definition) is 0. The molecular weight excluding hydrogens is 242 g/mol. The van der Waals surface area contributed by atoms with E-state index in [4.69, 9.17) is 0 Å². The highest BCUT2D eigenvalue weighted by Crippen LogP contribution is 2.25. The number of halogens is 2. The Labute approximate surface area is 92.9 Å². The Hall–Kier alpha value is -1.31. The van der Waals surface area contributed by atoms with Crippen LogP contribution < -0.4 is 0 Å². The van der Waals surface area contributed by atoms with Crippen LogP contribution in [-0.4, -0.2) is 31.6 Å². The van der Waals surface area contributed by atoms with Crippen LogP contribution in [0, 0.1) is 0 Å². The third-order valence-electron chi connectivity index (χ3n) is 1.69. The number of carbonyl (C=O) groups is 1. The minimum absolute atomic E-state index is 0.202. The minimum atomic E-state index is -4.09. The van der Waals surface area contributed by atoms with Crippen LogP contribution in [0.25, 0.3) is 0 Å². The Balaban J connectivity index is 2.97. The molecule has 0 saturated heterocycles. The number of ether oxygens (including phenoxy) is 1. The van der Waals surface area contributed by atoms with E-state index < -0.39 is 22.0 Å². The first-order valence-electron chi connectivity index (χ1n) is 4.35. The molecule has 1 aromatic rings. The van der Waals surface area contributed by atoms with Crippen molar-refractivity contribution in [1.82, 2.24) is 9.55 Å². The molecule has 0 aromatic carbocycles. The van der Waals surface area contributed by atoms with Gasteiger partial charge in [0.1, 0.15) is 0 Å². The van der Waals surface area contributed by atoms with E-state index in [1.807, 2.05) is 0 Å². The van der Waals surface area contributed by atoms with Crippen LogP contribution in [0.3, 0.4) is 0 Å². The summed E-state index contributed by atoms with van der Waals surface area (Å²) in [6.45, 7) is 1.18. The number of imidazole rings is 1. The Kier molecular flexibility index (Phi) is 3.74. The third-order valence-corrected chi connectivity index (χ3v) is 3.05. The largest absolute Gasteiger partial charge is 0.461 e. The summed E-state index contributed by atoms with van der Waals surface area (Å²) in [5, 5.41) is -4.46. The number of carbonyl (C=O) groups excluding carboxylic acids is 1. The van der Waals surface area contributed by atoms with Crippen molar-refractivity contribution in [2.45, 2.75) is 17.3 Å². The van der Waals surface area contributed by atoms with E-state index in [2.05, 4.69) is 9.72 Å². The van der Waals surface area contributed by atoms with E-state index in [1.165, 1.54) is 26.4 Å². The first-order valence-corrected chi connectivity index (χ1v) is 5.50. The molecule has 1 aromatic heterocycles. The standard InChI is InChI=1S/C8H10F2N2O3S/c1-3-15-6(13)8(9,10)16(14)7-11-4-5-12(7)2/h4-5H,3H2,1-2H3/t16-/m1/s1. The fraction of sp³-hybridized carbons (Fsp3) is 0.500. The van der Waals surface area contributed by atoms with E-state index in [1.54, 1.807) is 0 Å². The maximum absolute atomic E-state index is 13.3. The van der Waals surface area contributed by atoms with Crippen molar-refractivity contribution in [3.63, 3.8) is 0 Å². The molecule has 90 valence electrons. The summed E-state index contributed by atoms with van der Waals surface area (Å²) in [7, 11) is -1.46. The van der Waals surface area contributed by atoms with Gasteiger partial charge in [-0.25, -0.2) is 14.0 Å². The van der Waals surface area contributed by atoms with Gasteiger partial charge in [-0.2, -0.15) is 8.78 Å². The van der Waals surface area contributed by atoms with Crippen LogP contribution in [0.5, 0.6) is 0 Å². The predicted molar refractivity (Wildman–Crippen MR) is 51.2 cm³/mol. The quantitative estimate of drug-likeness (QED) is 0.739. The van der Waals surface area contributed by atoms with Crippen LogP contribution in [-0.2, 0) is 27.4 Å². The number of nitrogens with zero attached hydrogens (tertiary/aromatic N) is 2. The van der Waals surface area contributed by atoms with Crippen molar-refractivity contribution in [2.75, 3.05) is 6.61 Å². The SMILES string of the molecule is CCOC(=O)C(F)(F)[S@](=O)c1nccn1C. The van der Waals surface area contributed by atoms with E-state index >= 15 is 0 Å². The van der Waals surface area contributed by atoms with Gasteiger partial charge in [0.05, 0.1) is 6.61 Å². The molecule has 0 radical (unpaired) electrons. The van der Waals surface area contributed by atoms with Gasteiger partial charge in [-0.05, 0) is 6.92 Å². The Bertz CT molecular complexity index is 419. The van der Waals surface area contributed by atoms with E-state index in [9.17, 15) is 17.8 Å². The summed E-state index contributed by atoms with van der Waals surface area (Å²) < 4.78 is 43.4. The molecule has 0 fully saturated rings. The lowest BCUT2D eigenvalue weighted by Gasteiger charge is -2.13. The lowest BCUT2D eigenvalue weighted by Crippen LogP contribution is -2.36. The first-order chi connectivity index (χ1) is 7.41. The number of alkyl halides is 2. The second-order valence-electron chi connectivity index (χ2n) is 2.83. The molecule has 0 saturated carbocycles. The highest BCUT2D eigenvalue weighted by Gasteiger charge is 2.49. The number of rotatable bonds is 4. The fourth-order valence-electron chi connectivity index (χ4n) is 0.936. The topological polar surface area (TPSA) is 61.2 Å². The zero-order chi connectivity index (χ0) is 12.3. The molecule has 0 amide bonds. The van der Waals surface area contributed by atoms with Crippen LogP contribution in [0.1, 0.15) is 6.92 Å². The van der Waals surface area contributed by atoms with Gasteiger partial charge >= 0.3 is 11.2 Å². The maximum atomic E-state index is 13.3. The van der Waals surface area contributed by atoms with Crippen molar-refractivity contribution >= 4 is 16.8 Å². The molecule has 5 nitrogen and oxygen atoms in total. The highest BCUT2D eigenvalue weighted by molar-refractivity contribution is 7.86. The van der Waals surface area contributed by atoms with Crippen molar-refractivity contribution in [3.05, 3.63) is 12.4 Å². The van der Waals surface area contributed by atoms with Crippen LogP contribution in [0.4, 0.5) is 8.78 Å². The second-order valence-corrected chi connectivity index (χ2v) is 4.24. The summed E-state index contributed by atoms with van der Waals surface area (Å²) in [6, 6.07) is 0. The lowest BCUT2D eigenvalue weighted by molar-refractivity contribution is -0.159. The van der Waals surface area contributed by atoms with E-state index in [0.29, 0.717) is 0 Å². The molecular formula is C8H10F2N2O3S. The van der Waals surface area contributed by atoms with Gasteiger partial charge in [-0.15, -0.1) is 0 Å². The van der Waals surface area contributed by atoms with Crippen LogP contribution >= 0.6 is 0 Å². The van der Waals surface area contributed by atoms with Gasteiger partial charge in [0.15, 0.2) is 10.8 Å². The summed E-state index contributed by atoms with van der Waals surface area (Å²) in [5.41, 5.74) is 0. The number of aryl methyl sites for hydroxylation is 1. The molecule has 1 rings (SSSR count). The Morgan fingerprint density at radius 3 is 2.75 bits per heavy atom. The maximum Gasteiger partial charge on any atom is 0.422 e. The lowest BCUT2D eigenvalue weighted by atomic mass is 10.7. The van der Waals surface area contributed by atoms with Gasteiger partial charge in [0.2, 0.25) is 5.16 Å². The Morgan fingerprint density at radius 1 is 1.69 bits per heavy atom. The molecule has 16 heavy (non-hydrogen) atoms. The van der Waals surface area contributed by atoms with Crippen LogP contribution in [0.2, 0.25) is 0 Å². The van der Waals surface area contributed by atoms with Gasteiger partial charge in [0, 0.05) is 19.4 Å². The molecule has 8 heteroatoms. The predicted octanol–water partition coefficient (Wildman–Crippen LogP) is 0.684. The smallest absolute Gasteiger partial charge is 0.422 e. The molecule has 0 aliphatic rings. The number of hydrogen-bond acceptors (Lipinski definition) is 4. The number of aromatic nitrogens is 2. The van der Waals surface area contributed by atoms with Crippen molar-refractivity contribution < 1.29 is 22.5 Å². The molecule has 0 unspecified atom stereocenters. The summed E-state index contributed by atoms with van der Waals surface area (Å²) >= 11 is 0. The van der Waals surface area contributed by atoms with Crippen molar-refractivity contribution in [2.24, 2.45) is 7.05 Å². The first kappa shape index (κ1) is 12.8. The molecule has 1 atom stereocenters. The van der Waals surface area contributed by atoms with Gasteiger partial charge < -0.3 is 9.30 Å². The average Bonchev–Trinajstić information content (AvgIpc) is 2.63. The molecule has 0 aliphatic carbocycles. The monoisotopic (exact) mass is 252 g/mol. The average molecular weight is 252 g/mol. The molecule has 1 heterocycles. The molecule has 0 N–H and O–H groups in total. The van der Waals surface area contributed by atoms with Gasteiger partial charge in [-0.3, -0.25) is 0 Å². The summed E-state index contributed by atoms with van der Waals surface area (Å²) in [5.74, 6) is -1.81. The van der Waals surface area contributed by atoms with Crippen LogP contribution in [0.15, 0.2) is 17.6 Å². The minimum Gasteiger partial charge on any atom is -0.461 e. The highest BCUT2D eigenvalue weighted by atomic mass is 32.2. The molecule has 0 bridgehead atoms. The second kappa shape index (κ2) is 4.69. The van der Waals surface area contributed by atoms with Gasteiger partial charge in [0.25, 0.3) is 0 Å². The van der Waals surface area contributed by atoms with Crippen molar-refractivity contribution in [3.8, 4) is 0 Å². The third kappa shape index (κ3) is 2.26. The van der Waals surface area contributed by atoms with E-state index in [-0.39, 0.29) is 11.8 Å². The molecule has 0 aliphatic heterocycles. The fourth-order valence-corrected chi connectivity index (χ4v) is 1.85. The van der Waals surface area contributed by atoms with E-state index in [0.717, 1.165) is 4.57 Å². The zero-order valence-corrected chi connectivity index (χ0v) is 9.46. The van der Waals surface area contributed by atoms with Gasteiger partial charge in [-0.1, -0.05) is 0 Å². The number of esters is 1.